The summed E-state index contributed by atoms with van der Waals surface area (Å²) >= 11 is 3.24. The van der Waals surface area contributed by atoms with E-state index in [2.05, 4.69) is 20.7 Å². The average molecular weight is 245 g/mol. The van der Waals surface area contributed by atoms with Crippen molar-refractivity contribution in [1.29, 1.82) is 0 Å². The van der Waals surface area contributed by atoms with Crippen LogP contribution in [0, 0.1) is 0 Å². The summed E-state index contributed by atoms with van der Waals surface area (Å²) in [5, 5.41) is 0.751. The molecule has 0 saturated carbocycles. The summed E-state index contributed by atoms with van der Waals surface area (Å²) in [6.07, 6.45) is 3.65. The Hall–Kier alpha value is -1.03. The van der Waals surface area contributed by atoms with E-state index in [9.17, 15) is 4.79 Å². The van der Waals surface area contributed by atoms with Crippen molar-refractivity contribution in [2.45, 2.75) is 0 Å². The molecule has 0 saturated heterocycles. The molecule has 0 radical (unpaired) electrons. The lowest BCUT2D eigenvalue weighted by atomic mass is 10.4. The molecule has 4 heteroatoms. The highest BCUT2D eigenvalue weighted by Gasteiger charge is 2.08. The molecule has 1 rings (SSSR count). The summed E-state index contributed by atoms with van der Waals surface area (Å²) in [5.74, 6) is 0.398. The fourth-order valence-corrected chi connectivity index (χ4v) is 1.00. The van der Waals surface area contributed by atoms with E-state index in [0.29, 0.717) is 5.76 Å². The molecule has 0 aliphatic heterocycles. The molecule has 0 amide bonds. The van der Waals surface area contributed by atoms with Gasteiger partial charge in [-0.1, -0.05) is 22.0 Å². The second kappa shape index (κ2) is 4.87. The highest BCUT2D eigenvalue weighted by molar-refractivity contribution is 9.09. The van der Waals surface area contributed by atoms with Crippen molar-refractivity contribution < 1.29 is 13.9 Å². The van der Waals surface area contributed by atoms with Gasteiger partial charge in [-0.05, 0) is 18.2 Å². The number of rotatable bonds is 3. The fraction of sp³-hybridized carbons (Fsp3) is 0.222. The number of carbonyl (C=O) groups excluding carboxylic acids is 1. The van der Waals surface area contributed by atoms with E-state index in [-0.39, 0.29) is 5.76 Å². The van der Waals surface area contributed by atoms with E-state index in [1.165, 1.54) is 7.11 Å². The number of allylic oxidation sites excluding steroid dienone is 1. The minimum Gasteiger partial charge on any atom is -0.463 e. The summed E-state index contributed by atoms with van der Waals surface area (Å²) < 4.78 is 9.64. The normalized spacial score (nSPS) is 10.6. The maximum atomic E-state index is 11.0. The van der Waals surface area contributed by atoms with Gasteiger partial charge in [0.1, 0.15) is 5.76 Å². The first kappa shape index (κ1) is 10.1. The first-order valence-electron chi connectivity index (χ1n) is 3.68. The number of carbonyl (C=O) groups is 1. The monoisotopic (exact) mass is 244 g/mol. The second-order valence-corrected chi connectivity index (χ2v) is 2.90. The number of furan rings is 1. The van der Waals surface area contributed by atoms with Gasteiger partial charge in [-0.2, -0.15) is 0 Å². The smallest absolute Gasteiger partial charge is 0.373 e. The molecule has 1 heterocycles. The zero-order chi connectivity index (χ0) is 9.68. The van der Waals surface area contributed by atoms with Crippen LogP contribution < -0.4 is 0 Å². The molecule has 1 aromatic heterocycles. The van der Waals surface area contributed by atoms with Crippen molar-refractivity contribution in [2.75, 3.05) is 12.4 Å². The first-order chi connectivity index (χ1) is 6.27. The number of hydrogen-bond acceptors (Lipinski definition) is 3. The van der Waals surface area contributed by atoms with Gasteiger partial charge in [0.2, 0.25) is 5.76 Å². The maximum absolute atomic E-state index is 11.0. The van der Waals surface area contributed by atoms with E-state index in [0.717, 1.165) is 5.33 Å². The van der Waals surface area contributed by atoms with Gasteiger partial charge >= 0.3 is 5.97 Å². The van der Waals surface area contributed by atoms with Crippen LogP contribution in [0.4, 0.5) is 0 Å². The molecule has 1 aromatic rings. The lowest BCUT2D eigenvalue weighted by Crippen LogP contribution is -1.98. The molecule has 0 N–H and O–H groups in total. The van der Waals surface area contributed by atoms with Crippen LogP contribution in [0.1, 0.15) is 16.3 Å². The molecular weight excluding hydrogens is 236 g/mol. The number of esters is 1. The van der Waals surface area contributed by atoms with Crippen LogP contribution in [0.2, 0.25) is 0 Å². The predicted octanol–water partition coefficient (Wildman–Crippen LogP) is 2.47. The summed E-state index contributed by atoms with van der Waals surface area (Å²) in [5.41, 5.74) is 0. The van der Waals surface area contributed by atoms with Gasteiger partial charge in [-0.25, -0.2) is 4.79 Å². The minimum absolute atomic E-state index is 0.219. The minimum atomic E-state index is -0.460. The molecule has 0 fully saturated rings. The SMILES string of the molecule is COC(=O)c1ccc(C=CCBr)o1. The van der Waals surface area contributed by atoms with Crippen LogP contribution in [-0.2, 0) is 4.74 Å². The molecule has 0 spiro atoms. The van der Waals surface area contributed by atoms with Crippen molar-refractivity contribution in [3.05, 3.63) is 29.7 Å². The van der Waals surface area contributed by atoms with E-state index in [1.54, 1.807) is 18.2 Å². The van der Waals surface area contributed by atoms with Gasteiger partial charge < -0.3 is 9.15 Å². The highest BCUT2D eigenvalue weighted by Crippen LogP contribution is 2.10. The summed E-state index contributed by atoms with van der Waals surface area (Å²) in [6.45, 7) is 0. The maximum Gasteiger partial charge on any atom is 0.373 e. The third kappa shape index (κ3) is 2.73. The number of hydrogen-bond donors (Lipinski definition) is 0. The van der Waals surface area contributed by atoms with E-state index < -0.39 is 5.97 Å². The standard InChI is InChI=1S/C9H9BrO3/c1-12-9(11)8-5-4-7(13-8)3-2-6-10/h2-5H,6H2,1H3. The Balaban J connectivity index is 2.74. The fourth-order valence-electron chi connectivity index (χ4n) is 0.813. The number of methoxy groups -OCH3 is 1. The van der Waals surface area contributed by atoms with Crippen molar-refractivity contribution in [3.8, 4) is 0 Å². The van der Waals surface area contributed by atoms with Crippen LogP contribution in [0.3, 0.4) is 0 Å². The highest BCUT2D eigenvalue weighted by atomic mass is 79.9. The molecular formula is C9H9BrO3. The van der Waals surface area contributed by atoms with Crippen LogP contribution in [0.5, 0.6) is 0 Å². The Kier molecular flexibility index (Phi) is 3.76. The Morgan fingerprint density at radius 2 is 2.46 bits per heavy atom. The molecule has 70 valence electrons. The van der Waals surface area contributed by atoms with E-state index >= 15 is 0 Å². The van der Waals surface area contributed by atoms with Gasteiger partial charge in [0.05, 0.1) is 7.11 Å². The van der Waals surface area contributed by atoms with Gasteiger partial charge in [0.25, 0.3) is 0 Å². The summed E-state index contributed by atoms with van der Waals surface area (Å²) in [6, 6.07) is 3.30. The quantitative estimate of drug-likeness (QED) is 0.606. The molecule has 0 aromatic carbocycles. The predicted molar refractivity (Wildman–Crippen MR) is 52.9 cm³/mol. The molecule has 3 nitrogen and oxygen atoms in total. The third-order valence-electron chi connectivity index (χ3n) is 1.38. The van der Waals surface area contributed by atoms with Gasteiger partial charge in [-0.3, -0.25) is 0 Å². The van der Waals surface area contributed by atoms with E-state index in [4.69, 9.17) is 4.42 Å². The van der Waals surface area contributed by atoms with Gasteiger partial charge in [-0.15, -0.1) is 0 Å². The van der Waals surface area contributed by atoms with Gasteiger partial charge in [0, 0.05) is 5.33 Å². The van der Waals surface area contributed by atoms with Crippen LogP contribution in [0.15, 0.2) is 22.6 Å². The lowest BCUT2D eigenvalue weighted by Gasteiger charge is -1.91. The Labute approximate surface area is 84.5 Å². The number of halogens is 1. The average Bonchev–Trinajstić information content (AvgIpc) is 2.62. The first-order valence-corrected chi connectivity index (χ1v) is 4.80. The van der Waals surface area contributed by atoms with Crippen molar-refractivity contribution in [1.82, 2.24) is 0 Å². The zero-order valence-electron chi connectivity index (χ0n) is 7.12. The second-order valence-electron chi connectivity index (χ2n) is 2.25. The van der Waals surface area contributed by atoms with Crippen molar-refractivity contribution in [2.24, 2.45) is 0 Å². The summed E-state index contributed by atoms with van der Waals surface area (Å²) in [7, 11) is 1.32. The molecule has 0 aliphatic carbocycles. The summed E-state index contributed by atoms with van der Waals surface area (Å²) in [4.78, 5) is 11.0. The topological polar surface area (TPSA) is 39.4 Å². The van der Waals surface area contributed by atoms with Crippen molar-refractivity contribution >= 4 is 28.0 Å². The van der Waals surface area contributed by atoms with Crippen LogP contribution in [-0.4, -0.2) is 18.4 Å². The zero-order valence-corrected chi connectivity index (χ0v) is 8.71. The molecule has 0 atom stereocenters. The Bertz CT molecular complexity index is 314. The molecule has 0 unspecified atom stereocenters. The van der Waals surface area contributed by atoms with Gasteiger partial charge in [0.15, 0.2) is 0 Å². The number of ether oxygens (including phenoxy) is 1. The van der Waals surface area contributed by atoms with Crippen molar-refractivity contribution in [3.63, 3.8) is 0 Å². The Morgan fingerprint density at radius 3 is 3.08 bits per heavy atom. The lowest BCUT2D eigenvalue weighted by molar-refractivity contribution is 0.0564. The molecule has 0 aliphatic rings. The third-order valence-corrected chi connectivity index (χ3v) is 1.76. The largest absolute Gasteiger partial charge is 0.463 e. The molecule has 13 heavy (non-hydrogen) atoms. The van der Waals surface area contributed by atoms with Crippen LogP contribution >= 0.6 is 15.9 Å². The number of alkyl halides is 1. The van der Waals surface area contributed by atoms with E-state index in [1.807, 2.05) is 6.08 Å². The van der Waals surface area contributed by atoms with Crippen LogP contribution in [0.25, 0.3) is 6.08 Å². The Morgan fingerprint density at radius 1 is 1.69 bits per heavy atom. The molecule has 0 bridgehead atoms.